The summed E-state index contributed by atoms with van der Waals surface area (Å²) < 4.78 is 109. The summed E-state index contributed by atoms with van der Waals surface area (Å²) >= 11 is 0. The van der Waals surface area contributed by atoms with Crippen molar-refractivity contribution in [3.8, 4) is 5.75 Å². The fourth-order valence-corrected chi connectivity index (χ4v) is 1.54. The molecule has 1 N–H and O–H groups in total. The molecule has 132 valence electrons. The van der Waals surface area contributed by atoms with E-state index in [0.717, 1.165) is 6.07 Å². The fourth-order valence-electron chi connectivity index (χ4n) is 1.54. The summed E-state index contributed by atoms with van der Waals surface area (Å²) in [7, 11) is 0. The molecule has 1 aromatic rings. The van der Waals surface area contributed by atoms with E-state index >= 15 is 0 Å². The largest absolute Gasteiger partial charge is 0.487 e. The Morgan fingerprint density at radius 3 is 1.83 bits per heavy atom. The summed E-state index contributed by atoms with van der Waals surface area (Å²) in [6, 6.07) is 5.28. The Labute approximate surface area is 125 Å². The third kappa shape index (κ3) is 3.36. The minimum absolute atomic E-state index is 0.249. The second-order valence-corrected chi connectivity index (χ2v) is 4.77. The van der Waals surface area contributed by atoms with Crippen LogP contribution in [0.15, 0.2) is 24.3 Å². The molecule has 0 heterocycles. The highest BCUT2D eigenvalue weighted by Crippen LogP contribution is 2.52. The normalized spacial score (nSPS) is 14.0. The molecule has 0 bridgehead atoms. The second-order valence-electron chi connectivity index (χ2n) is 4.77. The quantitative estimate of drug-likeness (QED) is 0.754. The van der Waals surface area contributed by atoms with Crippen molar-refractivity contribution in [2.45, 2.75) is 30.6 Å². The standard InChI is InChI=1S/C13H12F8O2/c1-8-4-2-3-5-9(8)23-7-11(16,17)13(20,21)12(18,19)10(14,15)6-22/h2-5,22H,6-7H2,1H3. The van der Waals surface area contributed by atoms with Gasteiger partial charge in [-0.3, -0.25) is 0 Å². The molecule has 23 heavy (non-hydrogen) atoms. The second kappa shape index (κ2) is 6.14. The summed E-state index contributed by atoms with van der Waals surface area (Å²) in [6.07, 6.45) is 0. The van der Waals surface area contributed by atoms with Crippen molar-refractivity contribution in [2.24, 2.45) is 0 Å². The molecule has 0 radical (unpaired) electrons. The van der Waals surface area contributed by atoms with E-state index in [1.807, 2.05) is 0 Å². The van der Waals surface area contributed by atoms with Crippen LogP contribution in [-0.2, 0) is 0 Å². The minimum atomic E-state index is -6.48. The maximum atomic E-state index is 13.4. The Morgan fingerprint density at radius 1 is 0.870 bits per heavy atom. The Hall–Kier alpha value is -1.58. The van der Waals surface area contributed by atoms with Gasteiger partial charge in [0.25, 0.3) is 0 Å². The molecule has 0 spiro atoms. The molecule has 1 aromatic carbocycles. The van der Waals surface area contributed by atoms with Gasteiger partial charge >= 0.3 is 23.7 Å². The Kier molecular flexibility index (Phi) is 5.20. The minimum Gasteiger partial charge on any atom is -0.487 e. The molecule has 0 aliphatic rings. The van der Waals surface area contributed by atoms with Crippen LogP contribution in [0.25, 0.3) is 0 Å². The first-order valence-electron chi connectivity index (χ1n) is 6.11. The predicted octanol–water partition coefficient (Wildman–Crippen LogP) is 3.91. The lowest BCUT2D eigenvalue weighted by atomic mass is 9.99. The fraction of sp³-hybridized carbons (Fsp3) is 0.538. The van der Waals surface area contributed by atoms with Gasteiger partial charge in [-0.2, -0.15) is 35.1 Å². The first-order chi connectivity index (χ1) is 10.3. The molecule has 0 amide bonds. The van der Waals surface area contributed by atoms with Crippen LogP contribution in [0.3, 0.4) is 0 Å². The lowest BCUT2D eigenvalue weighted by Crippen LogP contribution is -2.64. The van der Waals surface area contributed by atoms with E-state index in [1.54, 1.807) is 0 Å². The maximum Gasteiger partial charge on any atom is 0.381 e. The number of para-hydroxylation sites is 1. The van der Waals surface area contributed by atoms with Crippen molar-refractivity contribution in [1.82, 2.24) is 0 Å². The topological polar surface area (TPSA) is 29.5 Å². The molecular weight excluding hydrogens is 340 g/mol. The molecule has 0 unspecified atom stereocenters. The summed E-state index contributed by atoms with van der Waals surface area (Å²) in [5, 5.41) is 8.06. The lowest BCUT2D eigenvalue weighted by molar-refractivity contribution is -0.372. The summed E-state index contributed by atoms with van der Waals surface area (Å²) in [6.45, 7) is -3.59. The van der Waals surface area contributed by atoms with Crippen LogP contribution >= 0.6 is 0 Å². The summed E-state index contributed by atoms with van der Waals surface area (Å²) in [5.41, 5.74) is 0.249. The third-order valence-electron chi connectivity index (χ3n) is 3.01. The molecule has 1 rings (SSSR count). The van der Waals surface area contributed by atoms with Crippen molar-refractivity contribution in [1.29, 1.82) is 0 Å². The summed E-state index contributed by atoms with van der Waals surface area (Å²) in [4.78, 5) is 0. The number of hydrogen-bond acceptors (Lipinski definition) is 2. The van der Waals surface area contributed by atoms with Crippen molar-refractivity contribution in [3.05, 3.63) is 29.8 Å². The van der Waals surface area contributed by atoms with Crippen molar-refractivity contribution < 1.29 is 45.0 Å². The van der Waals surface area contributed by atoms with Gasteiger partial charge in [-0.05, 0) is 18.6 Å². The van der Waals surface area contributed by atoms with Crippen molar-refractivity contribution >= 4 is 0 Å². The van der Waals surface area contributed by atoms with Crippen LogP contribution < -0.4 is 4.74 Å². The van der Waals surface area contributed by atoms with Gasteiger partial charge in [0.2, 0.25) is 0 Å². The molecule has 2 nitrogen and oxygen atoms in total. The van der Waals surface area contributed by atoms with Gasteiger partial charge in [0.15, 0.2) is 6.61 Å². The van der Waals surface area contributed by atoms with Gasteiger partial charge in [0.1, 0.15) is 12.4 Å². The average molecular weight is 352 g/mol. The predicted molar refractivity (Wildman–Crippen MR) is 63.5 cm³/mol. The smallest absolute Gasteiger partial charge is 0.381 e. The van der Waals surface area contributed by atoms with E-state index in [0.29, 0.717) is 0 Å². The summed E-state index contributed by atoms with van der Waals surface area (Å²) in [5.74, 6) is -24.6. The Bertz CT molecular complexity index is 545. The van der Waals surface area contributed by atoms with Gasteiger partial charge in [-0.25, -0.2) is 0 Å². The van der Waals surface area contributed by atoms with Gasteiger partial charge in [0.05, 0.1) is 0 Å². The molecule has 0 saturated heterocycles. The average Bonchev–Trinajstić information content (AvgIpc) is 2.45. The Morgan fingerprint density at radius 2 is 1.35 bits per heavy atom. The number of alkyl halides is 8. The number of benzene rings is 1. The van der Waals surface area contributed by atoms with E-state index < -0.39 is 36.9 Å². The molecular formula is C13H12F8O2. The highest BCUT2D eigenvalue weighted by Gasteiger charge is 2.80. The van der Waals surface area contributed by atoms with Gasteiger partial charge in [-0.15, -0.1) is 0 Å². The number of aryl methyl sites for hydroxylation is 1. The molecule has 0 aliphatic heterocycles. The zero-order valence-corrected chi connectivity index (χ0v) is 11.6. The highest BCUT2D eigenvalue weighted by atomic mass is 19.4. The van der Waals surface area contributed by atoms with E-state index in [2.05, 4.69) is 4.74 Å². The maximum absolute atomic E-state index is 13.4. The number of halogens is 8. The number of aliphatic hydroxyl groups is 1. The van der Waals surface area contributed by atoms with Gasteiger partial charge < -0.3 is 9.84 Å². The molecule has 0 saturated carbocycles. The molecule has 10 heteroatoms. The van der Waals surface area contributed by atoms with Gasteiger partial charge in [0, 0.05) is 0 Å². The lowest BCUT2D eigenvalue weighted by Gasteiger charge is -2.35. The van der Waals surface area contributed by atoms with E-state index in [1.165, 1.54) is 25.1 Å². The number of aliphatic hydroxyl groups excluding tert-OH is 1. The molecule has 0 aliphatic carbocycles. The van der Waals surface area contributed by atoms with Crippen LogP contribution in [0.5, 0.6) is 5.75 Å². The van der Waals surface area contributed by atoms with Crippen LogP contribution in [0.2, 0.25) is 0 Å². The van der Waals surface area contributed by atoms with Crippen LogP contribution in [0.1, 0.15) is 5.56 Å². The monoisotopic (exact) mass is 352 g/mol. The molecule has 0 atom stereocenters. The van der Waals surface area contributed by atoms with Crippen LogP contribution in [-0.4, -0.2) is 42.0 Å². The van der Waals surface area contributed by atoms with Crippen molar-refractivity contribution in [2.75, 3.05) is 13.2 Å². The van der Waals surface area contributed by atoms with Crippen LogP contribution in [0, 0.1) is 6.92 Å². The van der Waals surface area contributed by atoms with Gasteiger partial charge in [-0.1, -0.05) is 18.2 Å². The number of hydrogen-bond donors (Lipinski definition) is 1. The third-order valence-corrected chi connectivity index (χ3v) is 3.01. The first kappa shape index (κ1) is 19.5. The Balaban J connectivity index is 3.03. The number of rotatable bonds is 7. The SMILES string of the molecule is Cc1ccccc1OCC(F)(F)C(F)(F)C(F)(F)C(F)(F)CO. The van der Waals surface area contributed by atoms with E-state index in [4.69, 9.17) is 5.11 Å². The zero-order chi connectivity index (χ0) is 18.1. The first-order valence-corrected chi connectivity index (χ1v) is 6.11. The molecule has 0 aromatic heterocycles. The highest BCUT2D eigenvalue weighted by molar-refractivity contribution is 5.31. The van der Waals surface area contributed by atoms with Crippen LogP contribution in [0.4, 0.5) is 35.1 Å². The molecule has 0 fully saturated rings. The zero-order valence-electron chi connectivity index (χ0n) is 11.6. The van der Waals surface area contributed by atoms with E-state index in [-0.39, 0.29) is 11.3 Å². The van der Waals surface area contributed by atoms with E-state index in [9.17, 15) is 35.1 Å². The number of ether oxygens (including phenoxy) is 1. The van der Waals surface area contributed by atoms with Crippen molar-refractivity contribution in [3.63, 3.8) is 0 Å².